The molecule has 10 heteroatoms. The Bertz CT molecular complexity index is 1140. The van der Waals surface area contributed by atoms with Crippen LogP contribution in [0.3, 0.4) is 0 Å². The zero-order valence-corrected chi connectivity index (χ0v) is 22.3. The zero-order chi connectivity index (χ0) is 25.5. The fourth-order valence-electron chi connectivity index (χ4n) is 4.08. The number of aromatic hydroxyl groups is 1. The molecule has 4 rings (SSSR count). The summed E-state index contributed by atoms with van der Waals surface area (Å²) < 4.78 is 0. The first kappa shape index (κ1) is 26.3. The van der Waals surface area contributed by atoms with Gasteiger partial charge in [0.2, 0.25) is 17.8 Å². The molecular formula is C26H33Cl2N7O. The minimum absolute atomic E-state index is 0.274. The number of nitrogens with zero attached hydrogens (tertiary/aromatic N) is 6. The fourth-order valence-corrected chi connectivity index (χ4v) is 4.58. The van der Waals surface area contributed by atoms with Crippen molar-refractivity contribution in [3.05, 3.63) is 63.6 Å². The van der Waals surface area contributed by atoms with Crippen molar-refractivity contribution in [3.63, 3.8) is 0 Å². The first-order valence-electron chi connectivity index (χ1n) is 12.2. The molecule has 192 valence electrons. The Labute approximate surface area is 222 Å². The monoisotopic (exact) mass is 529 g/mol. The molecule has 3 aromatic rings. The first-order chi connectivity index (χ1) is 17.4. The molecule has 1 fully saturated rings. The van der Waals surface area contributed by atoms with Crippen molar-refractivity contribution >= 4 is 41.0 Å². The van der Waals surface area contributed by atoms with Gasteiger partial charge < -0.3 is 25.1 Å². The maximum Gasteiger partial charge on any atom is 0.232 e. The summed E-state index contributed by atoms with van der Waals surface area (Å²) in [6, 6.07) is 12.9. The Hall–Kier alpha value is -2.81. The van der Waals surface area contributed by atoms with Crippen LogP contribution in [-0.4, -0.2) is 73.4 Å². The van der Waals surface area contributed by atoms with E-state index in [1.807, 2.05) is 38.4 Å². The van der Waals surface area contributed by atoms with E-state index in [9.17, 15) is 5.11 Å². The van der Waals surface area contributed by atoms with Crippen LogP contribution in [-0.2, 0) is 12.8 Å². The number of benzene rings is 2. The number of hydrogen-bond donors (Lipinski definition) is 2. The lowest BCUT2D eigenvalue weighted by Crippen LogP contribution is -2.44. The third kappa shape index (κ3) is 7.12. The van der Waals surface area contributed by atoms with Gasteiger partial charge in [-0.2, -0.15) is 15.0 Å². The standard InChI is InChI=1S/C26H33Cl2N7O/c1-33(14-3-4-20-7-8-21(27)18-23(20)28)24-30-25(32-26(31-24)35-16-12-29-13-17-35)34(2)15-11-19-5-9-22(36)10-6-19/h5-10,18,29,36H,3-4,11-17H2,1-2H3. The Balaban J connectivity index is 1.46. The van der Waals surface area contributed by atoms with Gasteiger partial charge in [0.25, 0.3) is 0 Å². The number of aryl methyl sites for hydroxylation is 1. The molecular weight excluding hydrogens is 497 g/mol. The van der Waals surface area contributed by atoms with E-state index in [0.717, 1.165) is 69.7 Å². The van der Waals surface area contributed by atoms with Crippen molar-refractivity contribution in [2.45, 2.75) is 19.3 Å². The van der Waals surface area contributed by atoms with Crippen LogP contribution in [0.25, 0.3) is 0 Å². The van der Waals surface area contributed by atoms with Gasteiger partial charge in [0, 0.05) is 63.4 Å². The van der Waals surface area contributed by atoms with Gasteiger partial charge in [-0.3, -0.25) is 0 Å². The molecule has 0 radical (unpaired) electrons. The quantitative estimate of drug-likeness (QED) is 0.407. The molecule has 0 saturated carbocycles. The summed E-state index contributed by atoms with van der Waals surface area (Å²) in [7, 11) is 4.02. The molecule has 1 saturated heterocycles. The van der Waals surface area contributed by atoms with Crippen LogP contribution in [0, 0.1) is 0 Å². The van der Waals surface area contributed by atoms with Gasteiger partial charge in [0.05, 0.1) is 0 Å². The van der Waals surface area contributed by atoms with Gasteiger partial charge in [0.15, 0.2) is 0 Å². The lowest BCUT2D eigenvalue weighted by Gasteiger charge is -2.29. The Kier molecular flexibility index (Phi) is 9.07. The summed E-state index contributed by atoms with van der Waals surface area (Å²) in [5.41, 5.74) is 2.23. The Morgan fingerprint density at radius 1 is 0.889 bits per heavy atom. The number of phenolic OH excluding ortho intramolecular Hbond substituents is 1. The number of hydrogen-bond acceptors (Lipinski definition) is 8. The highest BCUT2D eigenvalue weighted by atomic mass is 35.5. The normalized spacial score (nSPS) is 13.6. The molecule has 1 aliphatic rings. The van der Waals surface area contributed by atoms with Crippen molar-refractivity contribution in [2.75, 3.05) is 68.1 Å². The van der Waals surface area contributed by atoms with Gasteiger partial charge in [-0.1, -0.05) is 41.4 Å². The maximum absolute atomic E-state index is 9.54. The molecule has 0 atom stereocenters. The topological polar surface area (TPSA) is 80.7 Å². The average Bonchev–Trinajstić information content (AvgIpc) is 2.89. The van der Waals surface area contributed by atoms with E-state index in [1.54, 1.807) is 18.2 Å². The molecule has 0 aliphatic carbocycles. The highest BCUT2D eigenvalue weighted by Crippen LogP contribution is 2.23. The summed E-state index contributed by atoms with van der Waals surface area (Å²) >= 11 is 12.4. The highest BCUT2D eigenvalue weighted by Gasteiger charge is 2.19. The summed E-state index contributed by atoms with van der Waals surface area (Å²) in [5, 5.41) is 14.3. The summed E-state index contributed by atoms with van der Waals surface area (Å²) in [4.78, 5) is 20.8. The number of aromatic nitrogens is 3. The molecule has 1 aliphatic heterocycles. The minimum atomic E-state index is 0.274. The third-order valence-electron chi connectivity index (χ3n) is 6.31. The van der Waals surface area contributed by atoms with Crippen LogP contribution >= 0.6 is 23.2 Å². The Morgan fingerprint density at radius 3 is 2.22 bits per heavy atom. The van der Waals surface area contributed by atoms with Crippen LogP contribution in [0.1, 0.15) is 17.5 Å². The maximum atomic E-state index is 9.54. The number of rotatable bonds is 10. The van der Waals surface area contributed by atoms with Crippen molar-refractivity contribution in [1.82, 2.24) is 20.3 Å². The molecule has 2 heterocycles. The van der Waals surface area contributed by atoms with Crippen LogP contribution in [0.15, 0.2) is 42.5 Å². The number of nitrogens with one attached hydrogen (secondary N) is 1. The van der Waals surface area contributed by atoms with E-state index >= 15 is 0 Å². The van der Waals surface area contributed by atoms with Crippen molar-refractivity contribution in [2.24, 2.45) is 0 Å². The largest absolute Gasteiger partial charge is 0.508 e. The van der Waals surface area contributed by atoms with Crippen LogP contribution in [0.2, 0.25) is 10.0 Å². The summed E-state index contributed by atoms with van der Waals surface area (Å²) in [6.45, 7) is 5.06. The lowest BCUT2D eigenvalue weighted by molar-refractivity contribution is 0.475. The van der Waals surface area contributed by atoms with Crippen LogP contribution in [0.4, 0.5) is 17.8 Å². The molecule has 0 spiro atoms. The van der Waals surface area contributed by atoms with E-state index in [2.05, 4.69) is 20.0 Å². The number of phenols is 1. The smallest absolute Gasteiger partial charge is 0.232 e. The van der Waals surface area contributed by atoms with Crippen molar-refractivity contribution < 1.29 is 5.11 Å². The number of piperazine rings is 1. The molecule has 1 aromatic heterocycles. The third-order valence-corrected chi connectivity index (χ3v) is 6.90. The molecule has 0 unspecified atom stereocenters. The minimum Gasteiger partial charge on any atom is -0.508 e. The van der Waals surface area contributed by atoms with E-state index in [4.69, 9.17) is 38.2 Å². The van der Waals surface area contributed by atoms with E-state index in [0.29, 0.717) is 27.9 Å². The lowest BCUT2D eigenvalue weighted by atomic mass is 10.1. The van der Waals surface area contributed by atoms with Crippen molar-refractivity contribution in [1.29, 1.82) is 0 Å². The predicted octanol–water partition coefficient (Wildman–Crippen LogP) is 4.04. The molecule has 8 nitrogen and oxygen atoms in total. The van der Waals surface area contributed by atoms with Crippen LogP contribution in [0.5, 0.6) is 5.75 Å². The van der Waals surface area contributed by atoms with Gasteiger partial charge in [-0.15, -0.1) is 0 Å². The first-order valence-corrected chi connectivity index (χ1v) is 13.0. The second-order valence-corrected chi connectivity index (χ2v) is 9.91. The second-order valence-electron chi connectivity index (χ2n) is 9.07. The summed E-state index contributed by atoms with van der Waals surface area (Å²) in [5.74, 6) is 2.30. The molecule has 2 aromatic carbocycles. The number of anilines is 3. The number of likely N-dealkylation sites (N-methyl/N-ethyl adjacent to an activating group) is 1. The second kappa shape index (κ2) is 12.4. The van der Waals surface area contributed by atoms with Gasteiger partial charge in [-0.25, -0.2) is 0 Å². The number of halogens is 2. The molecule has 36 heavy (non-hydrogen) atoms. The molecule has 0 bridgehead atoms. The van der Waals surface area contributed by atoms with Gasteiger partial charge in [-0.05, 0) is 54.7 Å². The average molecular weight is 531 g/mol. The zero-order valence-electron chi connectivity index (χ0n) is 20.8. The molecule has 0 amide bonds. The molecule has 2 N–H and O–H groups in total. The predicted molar refractivity (Wildman–Crippen MR) is 148 cm³/mol. The van der Waals surface area contributed by atoms with Crippen molar-refractivity contribution in [3.8, 4) is 5.75 Å². The van der Waals surface area contributed by atoms with E-state index < -0.39 is 0 Å². The highest BCUT2D eigenvalue weighted by molar-refractivity contribution is 6.35. The van der Waals surface area contributed by atoms with E-state index in [-0.39, 0.29) is 5.75 Å². The fraction of sp³-hybridized carbons (Fsp3) is 0.423. The van der Waals surface area contributed by atoms with E-state index in [1.165, 1.54) is 0 Å². The summed E-state index contributed by atoms with van der Waals surface area (Å²) in [6.07, 6.45) is 2.56. The SMILES string of the molecule is CN(CCCc1ccc(Cl)cc1Cl)c1nc(N(C)CCc2ccc(O)cc2)nc(N2CCNCC2)n1. The van der Waals surface area contributed by atoms with Gasteiger partial charge in [0.1, 0.15) is 5.75 Å². The van der Waals surface area contributed by atoms with Gasteiger partial charge >= 0.3 is 0 Å². The van der Waals surface area contributed by atoms with Crippen LogP contribution < -0.4 is 20.0 Å². The Morgan fingerprint density at radius 2 is 1.56 bits per heavy atom.